The van der Waals surface area contributed by atoms with Crippen LogP contribution < -0.4 is 5.73 Å². The van der Waals surface area contributed by atoms with E-state index in [1.807, 2.05) is 12.3 Å². The number of nitrogens with two attached hydrogens (primary N) is 1. The molecule has 1 aromatic heterocycles. The van der Waals surface area contributed by atoms with Gasteiger partial charge in [0.25, 0.3) is 0 Å². The fraction of sp³-hybridized carbons (Fsp3) is 0.600. The third kappa shape index (κ3) is 2.25. The molecule has 1 aromatic rings. The molecule has 0 amide bonds. The van der Waals surface area contributed by atoms with Crippen molar-refractivity contribution in [2.45, 2.75) is 30.2 Å². The van der Waals surface area contributed by atoms with Crippen LogP contribution in [0.3, 0.4) is 0 Å². The molecule has 14 heavy (non-hydrogen) atoms. The Labute approximate surface area is 88.5 Å². The lowest BCUT2D eigenvalue weighted by Crippen LogP contribution is -2.07. The van der Waals surface area contributed by atoms with Gasteiger partial charge in [-0.1, -0.05) is 0 Å². The Hall–Kier alpha value is -0.610. The van der Waals surface area contributed by atoms with Gasteiger partial charge in [0.2, 0.25) is 0 Å². The SMILES string of the molecule is CSc1cc(CCN)nc(C2CC2)n1. The van der Waals surface area contributed by atoms with Crippen LogP contribution in [0, 0.1) is 0 Å². The van der Waals surface area contributed by atoms with Gasteiger partial charge in [0.15, 0.2) is 0 Å². The van der Waals surface area contributed by atoms with E-state index in [1.54, 1.807) is 11.8 Å². The van der Waals surface area contributed by atoms with Crippen LogP contribution >= 0.6 is 11.8 Å². The fourth-order valence-corrected chi connectivity index (χ4v) is 1.84. The molecule has 1 heterocycles. The third-order valence-electron chi connectivity index (χ3n) is 2.33. The molecule has 1 aliphatic rings. The molecule has 0 aliphatic heterocycles. The number of hydrogen-bond acceptors (Lipinski definition) is 4. The molecule has 4 heteroatoms. The quantitative estimate of drug-likeness (QED) is 0.604. The highest BCUT2D eigenvalue weighted by molar-refractivity contribution is 7.98. The monoisotopic (exact) mass is 209 g/mol. The third-order valence-corrected chi connectivity index (χ3v) is 2.95. The predicted molar refractivity (Wildman–Crippen MR) is 58.5 cm³/mol. The zero-order valence-corrected chi connectivity index (χ0v) is 9.18. The van der Waals surface area contributed by atoms with Crippen LogP contribution in [0.25, 0.3) is 0 Å². The van der Waals surface area contributed by atoms with Crippen LogP contribution in [0.4, 0.5) is 0 Å². The molecule has 0 saturated heterocycles. The highest BCUT2D eigenvalue weighted by Crippen LogP contribution is 2.38. The summed E-state index contributed by atoms with van der Waals surface area (Å²) in [6, 6.07) is 2.05. The molecule has 76 valence electrons. The lowest BCUT2D eigenvalue weighted by molar-refractivity contribution is 0.816. The topological polar surface area (TPSA) is 51.8 Å². The van der Waals surface area contributed by atoms with E-state index in [0.29, 0.717) is 12.5 Å². The van der Waals surface area contributed by atoms with Crippen molar-refractivity contribution in [1.82, 2.24) is 9.97 Å². The summed E-state index contributed by atoms with van der Waals surface area (Å²) in [4.78, 5) is 9.04. The van der Waals surface area contributed by atoms with Gasteiger partial charge in [-0.2, -0.15) is 0 Å². The van der Waals surface area contributed by atoms with Crippen LogP contribution in [-0.2, 0) is 6.42 Å². The second kappa shape index (κ2) is 4.28. The summed E-state index contributed by atoms with van der Waals surface area (Å²) in [6.45, 7) is 0.662. The van der Waals surface area contributed by atoms with E-state index < -0.39 is 0 Å². The molecule has 0 radical (unpaired) electrons. The molecule has 1 saturated carbocycles. The van der Waals surface area contributed by atoms with E-state index >= 15 is 0 Å². The Bertz CT molecular complexity index is 323. The van der Waals surface area contributed by atoms with Crippen LogP contribution in [0.1, 0.15) is 30.3 Å². The molecule has 1 fully saturated rings. The van der Waals surface area contributed by atoms with Crippen molar-refractivity contribution in [2.75, 3.05) is 12.8 Å². The van der Waals surface area contributed by atoms with Gasteiger partial charge < -0.3 is 5.73 Å². The lowest BCUT2D eigenvalue weighted by atomic mass is 10.3. The number of aromatic nitrogens is 2. The van der Waals surface area contributed by atoms with E-state index in [4.69, 9.17) is 5.73 Å². The highest BCUT2D eigenvalue weighted by atomic mass is 32.2. The Kier molecular flexibility index (Phi) is 3.03. The molecular weight excluding hydrogens is 194 g/mol. The van der Waals surface area contributed by atoms with Gasteiger partial charge in [0, 0.05) is 18.0 Å². The van der Waals surface area contributed by atoms with Crippen LogP contribution in [-0.4, -0.2) is 22.8 Å². The standard InChI is InChI=1S/C10H15N3S/c1-14-9-6-8(4-5-11)12-10(13-9)7-2-3-7/h6-7H,2-5,11H2,1H3. The van der Waals surface area contributed by atoms with E-state index in [1.165, 1.54) is 12.8 Å². The number of rotatable bonds is 4. The highest BCUT2D eigenvalue weighted by Gasteiger charge is 2.27. The molecule has 0 aromatic carbocycles. The number of hydrogen-bond donors (Lipinski definition) is 1. The summed E-state index contributed by atoms with van der Waals surface area (Å²) >= 11 is 1.68. The Morgan fingerprint density at radius 3 is 2.86 bits per heavy atom. The second-order valence-corrected chi connectivity index (χ2v) is 4.40. The molecule has 0 bridgehead atoms. The maximum atomic E-state index is 5.53. The van der Waals surface area contributed by atoms with E-state index in [9.17, 15) is 0 Å². The lowest BCUT2D eigenvalue weighted by Gasteiger charge is -2.04. The van der Waals surface area contributed by atoms with Crippen LogP contribution in [0.5, 0.6) is 0 Å². The molecular formula is C10H15N3S. The van der Waals surface area contributed by atoms with Crippen molar-refractivity contribution in [1.29, 1.82) is 0 Å². The Morgan fingerprint density at radius 2 is 2.29 bits per heavy atom. The van der Waals surface area contributed by atoms with Crippen molar-refractivity contribution in [3.63, 3.8) is 0 Å². The Balaban J connectivity index is 2.26. The maximum absolute atomic E-state index is 5.53. The zero-order valence-electron chi connectivity index (χ0n) is 8.36. The number of thioether (sulfide) groups is 1. The smallest absolute Gasteiger partial charge is 0.132 e. The first-order chi connectivity index (χ1) is 6.83. The van der Waals surface area contributed by atoms with Gasteiger partial charge in [0.1, 0.15) is 5.82 Å². The van der Waals surface area contributed by atoms with E-state index in [0.717, 1.165) is 23.0 Å². The summed E-state index contributed by atoms with van der Waals surface area (Å²) in [5.74, 6) is 1.65. The number of nitrogens with zero attached hydrogens (tertiary/aromatic N) is 2. The van der Waals surface area contributed by atoms with Crippen molar-refractivity contribution in [3.8, 4) is 0 Å². The summed E-state index contributed by atoms with van der Waals surface area (Å²) in [5.41, 5.74) is 6.62. The van der Waals surface area contributed by atoms with Gasteiger partial charge in [-0.3, -0.25) is 0 Å². The summed E-state index contributed by atoms with van der Waals surface area (Å²) < 4.78 is 0. The van der Waals surface area contributed by atoms with Crippen LogP contribution in [0.2, 0.25) is 0 Å². The van der Waals surface area contributed by atoms with Gasteiger partial charge >= 0.3 is 0 Å². The second-order valence-electron chi connectivity index (χ2n) is 3.57. The molecule has 3 nitrogen and oxygen atoms in total. The van der Waals surface area contributed by atoms with E-state index in [2.05, 4.69) is 9.97 Å². The molecule has 2 N–H and O–H groups in total. The largest absolute Gasteiger partial charge is 0.330 e. The van der Waals surface area contributed by atoms with Crippen LogP contribution in [0.15, 0.2) is 11.1 Å². The summed E-state index contributed by atoms with van der Waals surface area (Å²) in [6.07, 6.45) is 5.40. The van der Waals surface area contributed by atoms with Gasteiger partial charge in [-0.05, 0) is 31.7 Å². The van der Waals surface area contributed by atoms with Crippen molar-refractivity contribution < 1.29 is 0 Å². The molecule has 1 aliphatic carbocycles. The first-order valence-corrected chi connectivity index (χ1v) is 6.18. The minimum absolute atomic E-state index is 0.624. The normalized spacial score (nSPS) is 15.9. The average molecular weight is 209 g/mol. The predicted octanol–water partition coefficient (Wildman–Crippen LogP) is 1.58. The molecule has 0 spiro atoms. The molecule has 0 unspecified atom stereocenters. The minimum atomic E-state index is 0.624. The summed E-state index contributed by atoms with van der Waals surface area (Å²) in [5, 5.41) is 1.07. The first kappa shape index (κ1) is 9.93. The fourth-order valence-electron chi connectivity index (χ4n) is 1.40. The average Bonchev–Trinajstić information content (AvgIpc) is 3.01. The summed E-state index contributed by atoms with van der Waals surface area (Å²) in [7, 11) is 0. The maximum Gasteiger partial charge on any atom is 0.132 e. The van der Waals surface area contributed by atoms with Crippen molar-refractivity contribution in [3.05, 3.63) is 17.6 Å². The van der Waals surface area contributed by atoms with Gasteiger partial charge in [-0.15, -0.1) is 11.8 Å². The van der Waals surface area contributed by atoms with Crippen molar-refractivity contribution >= 4 is 11.8 Å². The molecule has 2 rings (SSSR count). The first-order valence-electron chi connectivity index (χ1n) is 4.95. The van der Waals surface area contributed by atoms with Crippen molar-refractivity contribution in [2.24, 2.45) is 5.73 Å². The Morgan fingerprint density at radius 1 is 1.50 bits per heavy atom. The molecule has 0 atom stereocenters. The van der Waals surface area contributed by atoms with Gasteiger partial charge in [0.05, 0.1) is 5.03 Å². The van der Waals surface area contributed by atoms with Gasteiger partial charge in [-0.25, -0.2) is 9.97 Å². The minimum Gasteiger partial charge on any atom is -0.330 e. The van der Waals surface area contributed by atoms with E-state index in [-0.39, 0.29) is 0 Å². The zero-order chi connectivity index (χ0) is 9.97.